The van der Waals surface area contributed by atoms with E-state index in [1.54, 1.807) is 0 Å². The van der Waals surface area contributed by atoms with Crippen LogP contribution >= 0.6 is 0 Å². The molecule has 29 heavy (non-hydrogen) atoms. The molecule has 2 amide bonds. The maximum atomic E-state index is 12.9. The van der Waals surface area contributed by atoms with Crippen LogP contribution in [0.15, 0.2) is 30.3 Å². The van der Waals surface area contributed by atoms with Gasteiger partial charge in [-0.1, -0.05) is 108 Å². The molecule has 1 saturated heterocycles. The molecule has 1 unspecified atom stereocenters. The van der Waals surface area contributed by atoms with E-state index in [1.165, 1.54) is 62.7 Å². The summed E-state index contributed by atoms with van der Waals surface area (Å²) in [5.41, 5.74) is 1.12. The van der Waals surface area contributed by atoms with Crippen molar-refractivity contribution < 1.29 is 14.3 Å². The standard InChI is InChI=1S/C25H39NO3/c1-3-4-5-6-7-8-9-10-11-13-16-21(2)24(27)26-23(20-29-25(26)28)19-22-17-14-12-15-18-22/h12,14-15,17-18,21,23H,3-11,13,16,19-20H2,1-2H3/t21?,23-/m0/s1. The van der Waals surface area contributed by atoms with Gasteiger partial charge in [0.25, 0.3) is 0 Å². The first-order chi connectivity index (χ1) is 14.1. The number of carbonyl (C=O) groups is 2. The van der Waals surface area contributed by atoms with E-state index in [1.807, 2.05) is 37.3 Å². The van der Waals surface area contributed by atoms with E-state index in [4.69, 9.17) is 4.74 Å². The first kappa shape index (κ1) is 23.4. The molecule has 0 spiro atoms. The van der Waals surface area contributed by atoms with Gasteiger partial charge in [0.1, 0.15) is 6.61 Å². The molecule has 4 nitrogen and oxygen atoms in total. The molecule has 162 valence electrons. The Bertz CT molecular complexity index is 601. The summed E-state index contributed by atoms with van der Waals surface area (Å²) in [7, 11) is 0. The van der Waals surface area contributed by atoms with Crippen LogP contribution in [0.5, 0.6) is 0 Å². The van der Waals surface area contributed by atoms with Gasteiger partial charge in [0.15, 0.2) is 0 Å². The van der Waals surface area contributed by atoms with Gasteiger partial charge in [-0.25, -0.2) is 9.69 Å². The first-order valence-electron chi connectivity index (χ1n) is 11.7. The highest BCUT2D eigenvalue weighted by Gasteiger charge is 2.39. The van der Waals surface area contributed by atoms with Gasteiger partial charge in [-0.3, -0.25) is 4.79 Å². The largest absolute Gasteiger partial charge is 0.447 e. The number of amides is 2. The Hall–Kier alpha value is -1.84. The highest BCUT2D eigenvalue weighted by Crippen LogP contribution is 2.22. The Morgan fingerprint density at radius 1 is 1.00 bits per heavy atom. The van der Waals surface area contributed by atoms with Crippen molar-refractivity contribution in [3.05, 3.63) is 35.9 Å². The molecule has 1 aromatic carbocycles. The van der Waals surface area contributed by atoms with E-state index in [-0.39, 0.29) is 17.9 Å². The molecule has 1 fully saturated rings. The van der Waals surface area contributed by atoms with Crippen molar-refractivity contribution in [1.29, 1.82) is 0 Å². The number of ether oxygens (including phenoxy) is 1. The molecule has 0 aliphatic carbocycles. The zero-order chi connectivity index (χ0) is 20.9. The van der Waals surface area contributed by atoms with Crippen molar-refractivity contribution in [1.82, 2.24) is 4.90 Å². The van der Waals surface area contributed by atoms with Crippen LogP contribution in [-0.2, 0) is 16.0 Å². The topological polar surface area (TPSA) is 46.6 Å². The highest BCUT2D eigenvalue weighted by molar-refractivity contribution is 5.94. The third-order valence-corrected chi connectivity index (χ3v) is 5.92. The third kappa shape index (κ3) is 8.20. The van der Waals surface area contributed by atoms with E-state index in [9.17, 15) is 9.59 Å². The van der Waals surface area contributed by atoms with Crippen molar-refractivity contribution >= 4 is 12.0 Å². The predicted octanol–water partition coefficient (Wildman–Crippen LogP) is 6.52. The molecule has 1 aromatic rings. The van der Waals surface area contributed by atoms with Gasteiger partial charge < -0.3 is 4.74 Å². The summed E-state index contributed by atoms with van der Waals surface area (Å²) in [6.45, 7) is 4.49. The van der Waals surface area contributed by atoms with Crippen molar-refractivity contribution in [3.63, 3.8) is 0 Å². The number of carbonyl (C=O) groups excluding carboxylic acids is 2. The summed E-state index contributed by atoms with van der Waals surface area (Å²) in [4.78, 5) is 26.4. The Balaban J connectivity index is 1.65. The predicted molar refractivity (Wildman–Crippen MR) is 118 cm³/mol. The number of imide groups is 1. The Labute approximate surface area is 177 Å². The second kappa shape index (κ2) is 13.4. The van der Waals surface area contributed by atoms with Gasteiger partial charge in [0.2, 0.25) is 5.91 Å². The van der Waals surface area contributed by atoms with E-state index in [2.05, 4.69) is 6.92 Å². The summed E-state index contributed by atoms with van der Waals surface area (Å²) in [5, 5.41) is 0. The minimum absolute atomic E-state index is 0.0793. The fraction of sp³-hybridized carbons (Fsp3) is 0.680. The smallest absolute Gasteiger partial charge is 0.416 e. The fourth-order valence-electron chi connectivity index (χ4n) is 4.07. The molecule has 1 heterocycles. The number of hydrogen-bond acceptors (Lipinski definition) is 3. The Kier molecular flexibility index (Phi) is 10.8. The van der Waals surface area contributed by atoms with Crippen LogP contribution in [0.3, 0.4) is 0 Å². The summed E-state index contributed by atoms with van der Waals surface area (Å²) < 4.78 is 5.19. The van der Waals surface area contributed by atoms with Crippen LogP contribution in [0.25, 0.3) is 0 Å². The number of hydrogen-bond donors (Lipinski definition) is 0. The summed E-state index contributed by atoms with van der Waals surface area (Å²) in [5.74, 6) is -0.211. The maximum Gasteiger partial charge on any atom is 0.416 e. The van der Waals surface area contributed by atoms with Crippen LogP contribution in [-0.4, -0.2) is 29.5 Å². The molecule has 0 aromatic heterocycles. The monoisotopic (exact) mass is 401 g/mol. The third-order valence-electron chi connectivity index (χ3n) is 5.92. The van der Waals surface area contributed by atoms with Crippen molar-refractivity contribution in [3.8, 4) is 0 Å². The van der Waals surface area contributed by atoms with Gasteiger partial charge in [-0.15, -0.1) is 0 Å². The molecule has 0 radical (unpaired) electrons. The molecule has 1 aliphatic heterocycles. The molecule has 2 atom stereocenters. The SMILES string of the molecule is CCCCCCCCCCCCC(C)C(=O)N1C(=O)OC[C@@H]1Cc1ccccc1. The molecule has 0 saturated carbocycles. The molecule has 0 N–H and O–H groups in total. The lowest BCUT2D eigenvalue weighted by Gasteiger charge is -2.23. The molecule has 2 rings (SSSR count). The zero-order valence-electron chi connectivity index (χ0n) is 18.4. The average molecular weight is 402 g/mol. The number of cyclic esters (lactones) is 1. The second-order valence-electron chi connectivity index (χ2n) is 8.50. The Morgan fingerprint density at radius 2 is 1.59 bits per heavy atom. The fourth-order valence-corrected chi connectivity index (χ4v) is 4.07. The summed E-state index contributed by atoms with van der Waals surface area (Å²) in [6, 6.07) is 9.79. The summed E-state index contributed by atoms with van der Waals surface area (Å²) >= 11 is 0. The van der Waals surface area contributed by atoms with E-state index >= 15 is 0 Å². The highest BCUT2D eigenvalue weighted by atomic mass is 16.6. The summed E-state index contributed by atoms with van der Waals surface area (Å²) in [6.07, 6.45) is 13.9. The van der Waals surface area contributed by atoms with Gasteiger partial charge in [-0.2, -0.15) is 0 Å². The van der Waals surface area contributed by atoms with Crippen LogP contribution in [0.4, 0.5) is 4.79 Å². The Morgan fingerprint density at radius 3 is 2.21 bits per heavy atom. The molecule has 0 bridgehead atoms. The van der Waals surface area contributed by atoms with Crippen LogP contribution in [0.1, 0.15) is 90.0 Å². The lowest BCUT2D eigenvalue weighted by molar-refractivity contribution is -0.133. The number of rotatable bonds is 14. The molecule has 4 heteroatoms. The first-order valence-corrected chi connectivity index (χ1v) is 11.7. The van der Waals surface area contributed by atoms with Gasteiger partial charge in [0.05, 0.1) is 6.04 Å². The second-order valence-corrected chi connectivity index (χ2v) is 8.50. The van der Waals surface area contributed by atoms with Crippen LogP contribution < -0.4 is 0 Å². The minimum Gasteiger partial charge on any atom is -0.447 e. The molecule has 1 aliphatic rings. The van der Waals surface area contributed by atoms with Crippen molar-refractivity contribution in [2.75, 3.05) is 6.61 Å². The van der Waals surface area contributed by atoms with Crippen molar-refractivity contribution in [2.45, 2.75) is 96.9 Å². The van der Waals surface area contributed by atoms with Crippen LogP contribution in [0, 0.1) is 5.92 Å². The zero-order valence-corrected chi connectivity index (χ0v) is 18.4. The lowest BCUT2D eigenvalue weighted by Crippen LogP contribution is -2.43. The van der Waals surface area contributed by atoms with Gasteiger partial charge in [-0.05, 0) is 18.4 Å². The molecular weight excluding hydrogens is 362 g/mol. The van der Waals surface area contributed by atoms with Crippen LogP contribution in [0.2, 0.25) is 0 Å². The van der Waals surface area contributed by atoms with E-state index in [0.717, 1.165) is 18.4 Å². The lowest BCUT2D eigenvalue weighted by atomic mass is 9.99. The normalized spacial score (nSPS) is 17.4. The quantitative estimate of drug-likeness (QED) is 0.333. The minimum atomic E-state index is -0.481. The average Bonchev–Trinajstić information content (AvgIpc) is 3.09. The van der Waals surface area contributed by atoms with Gasteiger partial charge >= 0.3 is 6.09 Å². The molecular formula is C25H39NO3. The van der Waals surface area contributed by atoms with E-state index in [0.29, 0.717) is 13.0 Å². The van der Waals surface area contributed by atoms with Crippen molar-refractivity contribution in [2.24, 2.45) is 5.92 Å². The number of nitrogens with zero attached hydrogens (tertiary/aromatic N) is 1. The van der Waals surface area contributed by atoms with E-state index < -0.39 is 6.09 Å². The number of benzene rings is 1. The maximum absolute atomic E-state index is 12.9. The number of unbranched alkanes of at least 4 members (excludes halogenated alkanes) is 9. The van der Waals surface area contributed by atoms with Gasteiger partial charge in [0, 0.05) is 5.92 Å².